The second-order valence-electron chi connectivity index (χ2n) is 5.45. The third kappa shape index (κ3) is 3.51. The lowest BCUT2D eigenvalue weighted by Gasteiger charge is -2.30. The number of nitrogens with zero attached hydrogens (tertiary/aromatic N) is 2. The average Bonchev–Trinajstić information content (AvgIpc) is 2.99. The predicted octanol–water partition coefficient (Wildman–Crippen LogP) is 2.47. The van der Waals surface area contributed by atoms with Crippen LogP contribution in [0.3, 0.4) is 0 Å². The fourth-order valence-electron chi connectivity index (χ4n) is 2.20. The van der Waals surface area contributed by atoms with Crippen molar-refractivity contribution in [3.8, 4) is 0 Å². The van der Waals surface area contributed by atoms with Crippen LogP contribution < -0.4 is 0 Å². The first-order valence-corrected chi connectivity index (χ1v) is 7.03. The summed E-state index contributed by atoms with van der Waals surface area (Å²) in [5.74, 6) is -1.40. The average molecular weight is 306 g/mol. The summed E-state index contributed by atoms with van der Waals surface area (Å²) in [7, 11) is 0. The largest absolute Gasteiger partial charge is 0.479 e. The zero-order valence-electron chi connectivity index (χ0n) is 12.6. The van der Waals surface area contributed by atoms with E-state index in [2.05, 4.69) is 5.10 Å². The van der Waals surface area contributed by atoms with Gasteiger partial charge in [0.15, 0.2) is 5.54 Å². The molecule has 0 fully saturated rings. The van der Waals surface area contributed by atoms with E-state index in [1.807, 2.05) is 13.8 Å². The maximum absolute atomic E-state index is 13.0. The van der Waals surface area contributed by atoms with E-state index in [-0.39, 0.29) is 24.9 Å². The number of aromatic nitrogens is 2. The third-order valence-electron chi connectivity index (χ3n) is 3.41. The molecule has 0 amide bonds. The van der Waals surface area contributed by atoms with E-state index in [0.29, 0.717) is 5.56 Å². The van der Waals surface area contributed by atoms with Crippen LogP contribution in [0.5, 0.6) is 0 Å². The number of carbonyl (C=O) groups is 1. The maximum atomic E-state index is 13.0. The van der Waals surface area contributed by atoms with Crippen molar-refractivity contribution in [3.63, 3.8) is 0 Å². The molecule has 1 unspecified atom stereocenters. The van der Waals surface area contributed by atoms with E-state index >= 15 is 0 Å². The van der Waals surface area contributed by atoms with Crippen molar-refractivity contribution in [2.75, 3.05) is 6.61 Å². The second-order valence-corrected chi connectivity index (χ2v) is 5.45. The smallest absolute Gasteiger partial charge is 0.334 e. The fraction of sp³-hybridized carbons (Fsp3) is 0.375. The molecular weight excluding hydrogens is 287 g/mol. The lowest BCUT2D eigenvalue weighted by atomic mass is 9.91. The van der Waals surface area contributed by atoms with Gasteiger partial charge in [0.25, 0.3) is 0 Å². The number of carboxylic acid groups (broad SMARTS) is 1. The summed E-state index contributed by atoms with van der Waals surface area (Å²) in [5.41, 5.74) is -0.669. The highest BCUT2D eigenvalue weighted by Gasteiger charge is 2.42. The van der Waals surface area contributed by atoms with Crippen molar-refractivity contribution in [1.82, 2.24) is 9.78 Å². The number of carboxylic acids is 1. The van der Waals surface area contributed by atoms with Crippen molar-refractivity contribution < 1.29 is 19.0 Å². The number of rotatable bonds is 7. The molecule has 1 aromatic heterocycles. The Bertz CT molecular complexity index is 611. The molecule has 22 heavy (non-hydrogen) atoms. The van der Waals surface area contributed by atoms with Gasteiger partial charge in [-0.1, -0.05) is 12.1 Å². The van der Waals surface area contributed by atoms with Gasteiger partial charge in [-0.2, -0.15) is 5.10 Å². The highest BCUT2D eigenvalue weighted by molar-refractivity contribution is 5.77. The van der Waals surface area contributed by atoms with Crippen LogP contribution in [0.2, 0.25) is 0 Å². The van der Waals surface area contributed by atoms with Crippen LogP contribution in [0, 0.1) is 5.82 Å². The lowest BCUT2D eigenvalue weighted by molar-refractivity contribution is -0.153. The Balaban J connectivity index is 2.38. The van der Waals surface area contributed by atoms with Crippen molar-refractivity contribution in [3.05, 3.63) is 54.1 Å². The summed E-state index contributed by atoms with van der Waals surface area (Å²) in [6.45, 7) is 3.65. The normalized spacial score (nSPS) is 14.0. The second kappa shape index (κ2) is 6.70. The fourth-order valence-corrected chi connectivity index (χ4v) is 2.20. The topological polar surface area (TPSA) is 64.3 Å². The summed E-state index contributed by atoms with van der Waals surface area (Å²) in [6.07, 6.45) is 3.17. The monoisotopic (exact) mass is 306 g/mol. The molecule has 0 aliphatic heterocycles. The first-order chi connectivity index (χ1) is 10.4. The molecule has 1 heterocycles. The standard InChI is InChI=1S/C16H19FN2O3/c1-12(2)22-11-16(15(20)21,19-9-3-8-18-19)10-13-4-6-14(17)7-5-13/h3-9,12H,10-11H2,1-2H3,(H,20,21). The summed E-state index contributed by atoms with van der Waals surface area (Å²) >= 11 is 0. The number of aliphatic carboxylic acids is 1. The number of hydrogen-bond donors (Lipinski definition) is 1. The third-order valence-corrected chi connectivity index (χ3v) is 3.41. The molecule has 118 valence electrons. The van der Waals surface area contributed by atoms with Crippen LogP contribution in [0.15, 0.2) is 42.7 Å². The van der Waals surface area contributed by atoms with E-state index in [0.717, 1.165) is 0 Å². The van der Waals surface area contributed by atoms with Gasteiger partial charge >= 0.3 is 5.97 Å². The van der Waals surface area contributed by atoms with Crippen LogP contribution in [0.25, 0.3) is 0 Å². The highest BCUT2D eigenvalue weighted by Crippen LogP contribution is 2.24. The minimum atomic E-state index is -1.37. The number of ether oxygens (including phenoxy) is 1. The minimum Gasteiger partial charge on any atom is -0.479 e. The zero-order chi connectivity index (χ0) is 16.2. The molecule has 2 aromatic rings. The van der Waals surface area contributed by atoms with E-state index in [1.54, 1.807) is 24.4 Å². The predicted molar refractivity (Wildman–Crippen MR) is 79.0 cm³/mol. The van der Waals surface area contributed by atoms with Gasteiger partial charge in [0.1, 0.15) is 5.82 Å². The molecular formula is C16H19FN2O3. The summed E-state index contributed by atoms with van der Waals surface area (Å²) in [5, 5.41) is 13.9. The SMILES string of the molecule is CC(C)OCC(Cc1ccc(F)cc1)(C(=O)O)n1cccn1. The van der Waals surface area contributed by atoms with Gasteiger partial charge < -0.3 is 9.84 Å². The molecule has 6 heteroatoms. The number of hydrogen-bond acceptors (Lipinski definition) is 3. The van der Waals surface area contributed by atoms with Gasteiger partial charge in [-0.3, -0.25) is 4.68 Å². The Kier molecular flexibility index (Phi) is 4.92. The lowest BCUT2D eigenvalue weighted by Crippen LogP contribution is -2.49. The van der Waals surface area contributed by atoms with Crippen LogP contribution in [0.1, 0.15) is 19.4 Å². The maximum Gasteiger partial charge on any atom is 0.334 e. The van der Waals surface area contributed by atoms with E-state index < -0.39 is 11.5 Å². The molecule has 1 N–H and O–H groups in total. The Morgan fingerprint density at radius 2 is 2.09 bits per heavy atom. The molecule has 0 saturated heterocycles. The Labute approximate surface area is 128 Å². The van der Waals surface area contributed by atoms with E-state index in [4.69, 9.17) is 4.74 Å². The molecule has 0 aliphatic carbocycles. The van der Waals surface area contributed by atoms with Crippen molar-refractivity contribution in [2.24, 2.45) is 0 Å². The summed E-state index contributed by atoms with van der Waals surface area (Å²) in [4.78, 5) is 12.0. The summed E-state index contributed by atoms with van der Waals surface area (Å²) in [6, 6.07) is 7.44. The van der Waals surface area contributed by atoms with Crippen LogP contribution >= 0.6 is 0 Å². The molecule has 0 spiro atoms. The first-order valence-electron chi connectivity index (χ1n) is 7.03. The Morgan fingerprint density at radius 1 is 1.41 bits per heavy atom. The van der Waals surface area contributed by atoms with E-state index in [9.17, 15) is 14.3 Å². The van der Waals surface area contributed by atoms with Gasteiger partial charge in [0.2, 0.25) is 0 Å². The van der Waals surface area contributed by atoms with E-state index in [1.165, 1.54) is 23.0 Å². The molecule has 0 saturated carbocycles. The van der Waals surface area contributed by atoms with Gasteiger partial charge in [0.05, 0.1) is 12.7 Å². The van der Waals surface area contributed by atoms with Crippen LogP contribution in [0.4, 0.5) is 4.39 Å². The first kappa shape index (κ1) is 16.2. The van der Waals surface area contributed by atoms with Gasteiger partial charge in [-0.15, -0.1) is 0 Å². The van der Waals surface area contributed by atoms with Crippen molar-refractivity contribution in [2.45, 2.75) is 31.9 Å². The van der Waals surface area contributed by atoms with Gasteiger partial charge in [-0.05, 0) is 37.6 Å². The molecule has 0 aliphatic rings. The van der Waals surface area contributed by atoms with Crippen molar-refractivity contribution >= 4 is 5.97 Å². The molecule has 1 aromatic carbocycles. The highest BCUT2D eigenvalue weighted by atomic mass is 19.1. The number of halogens is 1. The van der Waals surface area contributed by atoms with Gasteiger partial charge in [0, 0.05) is 18.8 Å². The molecule has 5 nitrogen and oxygen atoms in total. The molecule has 0 bridgehead atoms. The molecule has 1 atom stereocenters. The van der Waals surface area contributed by atoms with Crippen LogP contribution in [-0.2, 0) is 21.5 Å². The van der Waals surface area contributed by atoms with Gasteiger partial charge in [-0.25, -0.2) is 9.18 Å². The molecule has 0 radical (unpaired) electrons. The number of benzene rings is 1. The molecule has 2 rings (SSSR count). The Morgan fingerprint density at radius 3 is 2.59 bits per heavy atom. The minimum absolute atomic E-state index is 0.0287. The Hall–Kier alpha value is -2.21. The van der Waals surface area contributed by atoms with Crippen LogP contribution in [-0.4, -0.2) is 33.6 Å². The quantitative estimate of drug-likeness (QED) is 0.853. The zero-order valence-corrected chi connectivity index (χ0v) is 12.6. The summed E-state index contributed by atoms with van der Waals surface area (Å²) < 4.78 is 20.0. The van der Waals surface area contributed by atoms with Crippen molar-refractivity contribution in [1.29, 1.82) is 0 Å².